The van der Waals surface area contributed by atoms with Crippen LogP contribution in [0.1, 0.15) is 31.9 Å². The van der Waals surface area contributed by atoms with Crippen LogP contribution in [0, 0.1) is 5.82 Å². The van der Waals surface area contributed by atoms with E-state index < -0.39 is 10.0 Å². The van der Waals surface area contributed by atoms with Gasteiger partial charge in [0.25, 0.3) is 0 Å². The third-order valence-corrected chi connectivity index (χ3v) is 7.11. The summed E-state index contributed by atoms with van der Waals surface area (Å²) in [5.74, 6) is -0.519. The smallest absolute Gasteiger partial charge is 0.246 e. The molecule has 0 aromatic heterocycles. The molecule has 1 amide bonds. The number of hydrogen-bond acceptors (Lipinski definition) is 3. The van der Waals surface area contributed by atoms with Gasteiger partial charge < -0.3 is 4.90 Å². The zero-order chi connectivity index (χ0) is 21.9. The standard InChI is InChI=1S/C23H27FN2O3S/c1-23(2,3)19-7-11-21(12-8-19)30(28,29)26-16-14-25(15-17-26)22(27)13-6-18-4-9-20(24)10-5-18/h4-13H,14-17H2,1-3H3/b13-6+. The Balaban J connectivity index is 1.61. The van der Waals surface area contributed by atoms with Crippen molar-refractivity contribution in [3.05, 3.63) is 71.6 Å². The molecule has 5 nitrogen and oxygen atoms in total. The summed E-state index contributed by atoms with van der Waals surface area (Å²) < 4.78 is 40.3. The molecule has 0 atom stereocenters. The minimum absolute atomic E-state index is 0.0459. The zero-order valence-corrected chi connectivity index (χ0v) is 18.3. The summed E-state index contributed by atoms with van der Waals surface area (Å²) in [5, 5.41) is 0. The van der Waals surface area contributed by atoms with Gasteiger partial charge in [-0.15, -0.1) is 0 Å². The van der Waals surface area contributed by atoms with Crippen LogP contribution in [-0.2, 0) is 20.2 Å². The van der Waals surface area contributed by atoms with Crippen molar-refractivity contribution in [2.75, 3.05) is 26.2 Å². The summed E-state index contributed by atoms with van der Waals surface area (Å²) in [6.45, 7) is 7.39. The predicted octanol–water partition coefficient (Wildman–Crippen LogP) is 3.67. The Morgan fingerprint density at radius 1 is 0.933 bits per heavy atom. The van der Waals surface area contributed by atoms with Crippen LogP contribution in [0.2, 0.25) is 0 Å². The summed E-state index contributed by atoms with van der Waals surface area (Å²) >= 11 is 0. The summed E-state index contributed by atoms with van der Waals surface area (Å²) in [6, 6.07) is 12.9. The molecule has 0 bridgehead atoms. The van der Waals surface area contributed by atoms with E-state index in [9.17, 15) is 17.6 Å². The Morgan fingerprint density at radius 2 is 1.50 bits per heavy atom. The molecular weight excluding hydrogens is 403 g/mol. The largest absolute Gasteiger partial charge is 0.337 e. The fraction of sp³-hybridized carbons (Fsp3) is 0.348. The van der Waals surface area contributed by atoms with Crippen LogP contribution in [-0.4, -0.2) is 49.7 Å². The van der Waals surface area contributed by atoms with Gasteiger partial charge in [-0.25, -0.2) is 12.8 Å². The number of halogens is 1. The molecule has 0 aliphatic carbocycles. The summed E-state index contributed by atoms with van der Waals surface area (Å²) in [6.07, 6.45) is 3.06. The minimum Gasteiger partial charge on any atom is -0.337 e. The lowest BCUT2D eigenvalue weighted by atomic mass is 9.87. The molecule has 0 unspecified atom stereocenters. The van der Waals surface area contributed by atoms with E-state index in [-0.39, 0.29) is 35.1 Å². The summed E-state index contributed by atoms with van der Waals surface area (Å²) in [4.78, 5) is 14.3. The molecule has 0 spiro atoms. The van der Waals surface area contributed by atoms with E-state index in [1.165, 1.54) is 22.5 Å². The number of benzene rings is 2. The van der Waals surface area contributed by atoms with Gasteiger partial charge in [-0.05, 0) is 46.9 Å². The van der Waals surface area contributed by atoms with Crippen LogP contribution in [0.4, 0.5) is 4.39 Å². The molecule has 0 radical (unpaired) electrons. The molecule has 1 aliphatic heterocycles. The fourth-order valence-electron chi connectivity index (χ4n) is 3.27. The van der Waals surface area contributed by atoms with E-state index >= 15 is 0 Å². The molecule has 2 aromatic carbocycles. The maximum Gasteiger partial charge on any atom is 0.246 e. The number of piperazine rings is 1. The van der Waals surface area contributed by atoms with Crippen molar-refractivity contribution < 1.29 is 17.6 Å². The van der Waals surface area contributed by atoms with Crippen molar-refractivity contribution >= 4 is 22.0 Å². The van der Waals surface area contributed by atoms with Crippen LogP contribution in [0.25, 0.3) is 6.08 Å². The molecule has 160 valence electrons. The first kappa shape index (κ1) is 22.2. The van der Waals surface area contributed by atoms with E-state index in [1.807, 2.05) is 12.1 Å². The van der Waals surface area contributed by atoms with Crippen molar-refractivity contribution in [3.63, 3.8) is 0 Å². The number of amides is 1. The van der Waals surface area contributed by atoms with Gasteiger partial charge in [0, 0.05) is 32.3 Å². The lowest BCUT2D eigenvalue weighted by Crippen LogP contribution is -2.50. The number of rotatable bonds is 4. The van der Waals surface area contributed by atoms with E-state index in [0.29, 0.717) is 13.1 Å². The van der Waals surface area contributed by atoms with Crippen LogP contribution in [0.3, 0.4) is 0 Å². The Kier molecular flexibility index (Phi) is 6.43. The molecular formula is C23H27FN2O3S. The van der Waals surface area contributed by atoms with Gasteiger partial charge in [0.05, 0.1) is 4.90 Å². The zero-order valence-electron chi connectivity index (χ0n) is 17.5. The highest BCUT2D eigenvalue weighted by molar-refractivity contribution is 7.89. The van der Waals surface area contributed by atoms with Gasteiger partial charge in [0.15, 0.2) is 0 Å². The van der Waals surface area contributed by atoms with Crippen LogP contribution < -0.4 is 0 Å². The van der Waals surface area contributed by atoms with Gasteiger partial charge >= 0.3 is 0 Å². The van der Waals surface area contributed by atoms with Gasteiger partial charge in [0.1, 0.15) is 5.82 Å². The van der Waals surface area contributed by atoms with Crippen molar-refractivity contribution in [2.45, 2.75) is 31.1 Å². The lowest BCUT2D eigenvalue weighted by Gasteiger charge is -2.33. The number of carbonyl (C=O) groups is 1. The number of carbonyl (C=O) groups excluding carboxylic acids is 1. The predicted molar refractivity (Wildman–Crippen MR) is 116 cm³/mol. The minimum atomic E-state index is -3.59. The molecule has 1 saturated heterocycles. The normalized spacial score (nSPS) is 16.2. The second-order valence-corrected chi connectivity index (χ2v) is 10.3. The average molecular weight is 431 g/mol. The van der Waals surface area contributed by atoms with Gasteiger partial charge in [-0.3, -0.25) is 4.79 Å². The van der Waals surface area contributed by atoms with E-state index in [0.717, 1.165) is 11.1 Å². The van der Waals surface area contributed by atoms with Crippen molar-refractivity contribution in [1.29, 1.82) is 0 Å². The monoisotopic (exact) mass is 430 g/mol. The maximum atomic E-state index is 13.0. The Hall–Kier alpha value is -2.51. The maximum absolute atomic E-state index is 13.0. The Labute approximate surface area is 177 Å². The lowest BCUT2D eigenvalue weighted by molar-refractivity contribution is -0.127. The Morgan fingerprint density at radius 3 is 2.03 bits per heavy atom. The third kappa shape index (κ3) is 5.15. The second kappa shape index (κ2) is 8.70. The van der Waals surface area contributed by atoms with Crippen molar-refractivity contribution in [3.8, 4) is 0 Å². The Bertz CT molecular complexity index is 1020. The fourth-order valence-corrected chi connectivity index (χ4v) is 4.69. The second-order valence-electron chi connectivity index (χ2n) is 8.39. The molecule has 30 heavy (non-hydrogen) atoms. The number of sulfonamides is 1. The van der Waals surface area contributed by atoms with Gasteiger partial charge in [-0.2, -0.15) is 4.31 Å². The van der Waals surface area contributed by atoms with E-state index in [2.05, 4.69) is 20.8 Å². The highest BCUT2D eigenvalue weighted by Crippen LogP contribution is 2.25. The first-order chi connectivity index (χ1) is 14.1. The molecule has 1 heterocycles. The average Bonchev–Trinajstić information content (AvgIpc) is 2.72. The molecule has 1 aliphatic rings. The SMILES string of the molecule is CC(C)(C)c1ccc(S(=O)(=O)N2CCN(C(=O)/C=C/c3ccc(F)cc3)CC2)cc1. The molecule has 3 rings (SSSR count). The first-order valence-electron chi connectivity index (χ1n) is 9.91. The van der Waals surface area contributed by atoms with Crippen molar-refractivity contribution in [1.82, 2.24) is 9.21 Å². The molecule has 2 aromatic rings. The van der Waals surface area contributed by atoms with Gasteiger partial charge in [-0.1, -0.05) is 45.0 Å². The summed E-state index contributed by atoms with van der Waals surface area (Å²) in [7, 11) is -3.59. The van der Waals surface area contributed by atoms with Crippen LogP contribution in [0.15, 0.2) is 59.5 Å². The third-order valence-electron chi connectivity index (χ3n) is 5.20. The topological polar surface area (TPSA) is 57.7 Å². The van der Waals surface area contributed by atoms with Crippen molar-refractivity contribution in [2.24, 2.45) is 0 Å². The highest BCUT2D eigenvalue weighted by Gasteiger charge is 2.29. The number of hydrogen-bond donors (Lipinski definition) is 0. The molecule has 0 N–H and O–H groups in total. The number of nitrogens with zero attached hydrogens (tertiary/aromatic N) is 2. The van der Waals surface area contributed by atoms with Gasteiger partial charge in [0.2, 0.25) is 15.9 Å². The highest BCUT2D eigenvalue weighted by atomic mass is 32.2. The van der Waals surface area contributed by atoms with E-state index in [4.69, 9.17) is 0 Å². The molecule has 1 fully saturated rings. The quantitative estimate of drug-likeness (QED) is 0.696. The van der Waals surface area contributed by atoms with E-state index in [1.54, 1.807) is 35.2 Å². The summed E-state index contributed by atoms with van der Waals surface area (Å²) in [5.41, 5.74) is 1.75. The van der Waals surface area contributed by atoms with Crippen LogP contribution >= 0.6 is 0 Å². The molecule has 7 heteroatoms. The first-order valence-corrected chi connectivity index (χ1v) is 11.3. The van der Waals surface area contributed by atoms with Crippen LogP contribution in [0.5, 0.6) is 0 Å². The molecule has 0 saturated carbocycles.